The molecule has 1 aliphatic heterocycles. The average Bonchev–Trinajstić information content (AvgIpc) is 3.25. The minimum Gasteiger partial charge on any atom is -0.365 e. The summed E-state index contributed by atoms with van der Waals surface area (Å²) in [4.78, 5) is 11.6. The molecule has 0 aliphatic carbocycles. The van der Waals surface area contributed by atoms with Crippen molar-refractivity contribution in [3.05, 3.63) is 41.8 Å². The van der Waals surface area contributed by atoms with Crippen LogP contribution in [0.4, 0.5) is 16.2 Å². The maximum absolute atomic E-state index is 13.0. The van der Waals surface area contributed by atoms with Crippen molar-refractivity contribution in [2.24, 2.45) is 7.05 Å². The second kappa shape index (κ2) is 7.23. The molecule has 0 atom stereocenters. The Morgan fingerprint density at radius 3 is 2.56 bits per heavy atom. The molecular formula is C17H20ClFN6. The number of halogens is 2. The van der Waals surface area contributed by atoms with Crippen LogP contribution in [-0.4, -0.2) is 32.8 Å². The molecule has 8 heteroatoms. The number of hydrogen-bond donors (Lipinski definition) is 1. The van der Waals surface area contributed by atoms with Gasteiger partial charge in [0.1, 0.15) is 11.6 Å². The second-order valence-electron chi connectivity index (χ2n) is 6.05. The standard InChI is InChI=1S/C17H19FN6.ClH/c1-23-16-14(11-20-23)15(19-10-12-4-6-13(18)7-5-12)21-17(22-16)24-8-2-3-9-24;/h4-7,11H,2-3,8-10H2,1H3,(H,19,21,22);1H. The Morgan fingerprint density at radius 2 is 1.84 bits per heavy atom. The highest BCUT2D eigenvalue weighted by Crippen LogP contribution is 2.25. The number of nitrogens with one attached hydrogen (secondary N) is 1. The van der Waals surface area contributed by atoms with Crippen LogP contribution in [0, 0.1) is 5.82 Å². The number of aryl methyl sites for hydroxylation is 1. The first-order valence-electron chi connectivity index (χ1n) is 8.14. The number of aromatic nitrogens is 4. The summed E-state index contributed by atoms with van der Waals surface area (Å²) >= 11 is 0. The van der Waals surface area contributed by atoms with Crippen molar-refractivity contribution in [1.29, 1.82) is 0 Å². The zero-order valence-corrected chi connectivity index (χ0v) is 14.8. The van der Waals surface area contributed by atoms with E-state index in [-0.39, 0.29) is 18.2 Å². The lowest BCUT2D eigenvalue weighted by Gasteiger charge is -2.17. The normalized spacial score (nSPS) is 13.9. The molecule has 4 rings (SSSR count). The van der Waals surface area contributed by atoms with E-state index in [2.05, 4.69) is 20.3 Å². The van der Waals surface area contributed by atoms with Gasteiger partial charge < -0.3 is 10.2 Å². The highest BCUT2D eigenvalue weighted by Gasteiger charge is 2.18. The number of fused-ring (bicyclic) bond motifs is 1. The Hall–Kier alpha value is -2.41. The van der Waals surface area contributed by atoms with Crippen LogP contribution < -0.4 is 10.2 Å². The van der Waals surface area contributed by atoms with Crippen molar-refractivity contribution in [2.45, 2.75) is 19.4 Å². The van der Waals surface area contributed by atoms with Gasteiger partial charge in [-0.05, 0) is 30.5 Å². The molecule has 132 valence electrons. The molecule has 3 heterocycles. The van der Waals surface area contributed by atoms with Crippen molar-refractivity contribution >= 4 is 35.2 Å². The third-order valence-corrected chi connectivity index (χ3v) is 4.34. The fraction of sp³-hybridized carbons (Fsp3) is 0.353. The summed E-state index contributed by atoms with van der Waals surface area (Å²) in [7, 11) is 1.88. The van der Waals surface area contributed by atoms with E-state index >= 15 is 0 Å². The first-order valence-corrected chi connectivity index (χ1v) is 8.14. The molecule has 0 unspecified atom stereocenters. The molecule has 1 saturated heterocycles. The van der Waals surface area contributed by atoms with Gasteiger partial charge in [-0.1, -0.05) is 12.1 Å². The fourth-order valence-corrected chi connectivity index (χ4v) is 2.99. The minimum atomic E-state index is -0.230. The second-order valence-corrected chi connectivity index (χ2v) is 6.05. The summed E-state index contributed by atoms with van der Waals surface area (Å²) in [5.74, 6) is 1.27. The van der Waals surface area contributed by atoms with E-state index in [4.69, 9.17) is 4.98 Å². The third-order valence-electron chi connectivity index (χ3n) is 4.34. The van der Waals surface area contributed by atoms with Crippen LogP contribution in [0.5, 0.6) is 0 Å². The molecule has 1 fully saturated rings. The molecule has 1 aliphatic rings. The lowest BCUT2D eigenvalue weighted by Crippen LogP contribution is -2.21. The van der Waals surface area contributed by atoms with Crippen molar-refractivity contribution < 1.29 is 4.39 Å². The van der Waals surface area contributed by atoms with Gasteiger partial charge in [-0.3, -0.25) is 4.68 Å². The van der Waals surface area contributed by atoms with Crippen LogP contribution in [0.25, 0.3) is 11.0 Å². The van der Waals surface area contributed by atoms with E-state index in [1.807, 2.05) is 7.05 Å². The van der Waals surface area contributed by atoms with Gasteiger partial charge in [0.15, 0.2) is 5.65 Å². The number of rotatable bonds is 4. The Kier molecular flexibility index (Phi) is 5.03. The highest BCUT2D eigenvalue weighted by atomic mass is 35.5. The van der Waals surface area contributed by atoms with Crippen LogP contribution >= 0.6 is 12.4 Å². The van der Waals surface area contributed by atoms with E-state index in [0.29, 0.717) is 6.54 Å². The molecular weight excluding hydrogens is 343 g/mol. The summed E-state index contributed by atoms with van der Waals surface area (Å²) in [6, 6.07) is 6.47. The fourth-order valence-electron chi connectivity index (χ4n) is 2.99. The molecule has 0 amide bonds. The van der Waals surface area contributed by atoms with E-state index < -0.39 is 0 Å². The predicted octanol–water partition coefficient (Wildman–Crippen LogP) is 3.14. The van der Waals surface area contributed by atoms with Crippen molar-refractivity contribution in [3.8, 4) is 0 Å². The summed E-state index contributed by atoms with van der Waals surface area (Å²) in [6.45, 7) is 2.54. The third kappa shape index (κ3) is 3.51. The summed E-state index contributed by atoms with van der Waals surface area (Å²) in [6.07, 6.45) is 4.12. The van der Waals surface area contributed by atoms with Gasteiger partial charge in [0, 0.05) is 26.7 Å². The summed E-state index contributed by atoms with van der Waals surface area (Å²) in [5.41, 5.74) is 1.81. The number of anilines is 2. The first kappa shape index (κ1) is 17.4. The lowest BCUT2D eigenvalue weighted by molar-refractivity contribution is 0.627. The van der Waals surface area contributed by atoms with Crippen LogP contribution in [0.2, 0.25) is 0 Å². The largest absolute Gasteiger partial charge is 0.365 e. The maximum Gasteiger partial charge on any atom is 0.229 e. The minimum absolute atomic E-state index is 0. The molecule has 0 saturated carbocycles. The predicted molar refractivity (Wildman–Crippen MR) is 98.7 cm³/mol. The van der Waals surface area contributed by atoms with E-state index in [1.54, 1.807) is 23.0 Å². The Balaban J connectivity index is 0.00000182. The SMILES string of the molecule is Cl.Cn1ncc2c(NCc3ccc(F)cc3)nc(N3CCCC3)nc21. The van der Waals surface area contributed by atoms with Gasteiger partial charge in [0.05, 0.1) is 11.6 Å². The smallest absolute Gasteiger partial charge is 0.229 e. The quantitative estimate of drug-likeness (QED) is 0.772. The molecule has 6 nitrogen and oxygen atoms in total. The van der Waals surface area contributed by atoms with Crippen molar-refractivity contribution in [1.82, 2.24) is 19.7 Å². The van der Waals surface area contributed by atoms with Crippen molar-refractivity contribution in [3.63, 3.8) is 0 Å². The van der Waals surface area contributed by atoms with Gasteiger partial charge in [-0.15, -0.1) is 12.4 Å². The van der Waals surface area contributed by atoms with Gasteiger partial charge in [-0.25, -0.2) is 4.39 Å². The number of benzene rings is 1. The molecule has 2 aromatic heterocycles. The Morgan fingerprint density at radius 1 is 1.12 bits per heavy atom. The lowest BCUT2D eigenvalue weighted by atomic mass is 10.2. The Labute approximate surface area is 151 Å². The Bertz CT molecular complexity index is 857. The molecule has 3 aromatic rings. The van der Waals surface area contributed by atoms with Gasteiger partial charge in [0.25, 0.3) is 0 Å². The number of nitrogens with zero attached hydrogens (tertiary/aromatic N) is 5. The zero-order valence-electron chi connectivity index (χ0n) is 13.9. The van der Waals surface area contributed by atoms with Gasteiger partial charge in [-0.2, -0.15) is 15.1 Å². The van der Waals surface area contributed by atoms with Crippen LogP contribution in [0.1, 0.15) is 18.4 Å². The molecule has 25 heavy (non-hydrogen) atoms. The number of hydrogen-bond acceptors (Lipinski definition) is 5. The molecule has 0 spiro atoms. The van der Waals surface area contributed by atoms with E-state index in [9.17, 15) is 4.39 Å². The summed E-state index contributed by atoms with van der Waals surface area (Å²) in [5, 5.41) is 8.54. The monoisotopic (exact) mass is 362 g/mol. The molecule has 1 N–H and O–H groups in total. The van der Waals surface area contributed by atoms with Crippen molar-refractivity contribution in [2.75, 3.05) is 23.3 Å². The van der Waals surface area contributed by atoms with Gasteiger partial charge >= 0.3 is 0 Å². The molecule has 0 radical (unpaired) electrons. The zero-order chi connectivity index (χ0) is 16.5. The average molecular weight is 363 g/mol. The highest BCUT2D eigenvalue weighted by molar-refractivity contribution is 5.87. The van der Waals surface area contributed by atoms with Crippen LogP contribution in [0.15, 0.2) is 30.5 Å². The first-order chi connectivity index (χ1) is 11.7. The molecule has 1 aromatic carbocycles. The van der Waals surface area contributed by atoms with E-state index in [1.165, 1.54) is 25.0 Å². The van der Waals surface area contributed by atoms with Crippen LogP contribution in [-0.2, 0) is 13.6 Å². The molecule has 0 bridgehead atoms. The summed E-state index contributed by atoms with van der Waals surface area (Å²) < 4.78 is 14.8. The topological polar surface area (TPSA) is 58.9 Å². The van der Waals surface area contributed by atoms with E-state index in [0.717, 1.165) is 41.5 Å². The van der Waals surface area contributed by atoms with Crippen LogP contribution in [0.3, 0.4) is 0 Å². The van der Waals surface area contributed by atoms with Gasteiger partial charge in [0.2, 0.25) is 5.95 Å². The maximum atomic E-state index is 13.0.